The summed E-state index contributed by atoms with van der Waals surface area (Å²) in [7, 11) is 4.02. The first-order valence-corrected chi connectivity index (χ1v) is 8.87. The molecule has 0 spiro atoms. The lowest BCUT2D eigenvalue weighted by Crippen LogP contribution is -2.07. The quantitative estimate of drug-likeness (QED) is 0.606. The second-order valence-electron chi connectivity index (χ2n) is 6.06. The largest absolute Gasteiger partial charge is 0.378 e. The number of nitrogens with zero attached hydrogens (tertiary/aromatic N) is 3. The zero-order valence-electron chi connectivity index (χ0n) is 14.5. The minimum atomic E-state index is 0.584. The first-order valence-electron chi connectivity index (χ1n) is 7.99. The summed E-state index contributed by atoms with van der Waals surface area (Å²) in [6, 6.07) is 18.7. The summed E-state index contributed by atoms with van der Waals surface area (Å²) in [4.78, 5) is 6.69. The van der Waals surface area contributed by atoms with Crippen molar-refractivity contribution in [1.29, 1.82) is 5.26 Å². The van der Waals surface area contributed by atoms with Crippen LogP contribution in [0.3, 0.4) is 0 Å². The second-order valence-corrected chi connectivity index (χ2v) is 6.92. The standard InChI is InChI=1S/C21H19N3S/c1-15-4-8-17(9-5-15)20-14-25-21(23-20)18(13-22)12-16-6-10-19(11-7-16)24(2)3/h4-12,14H,1-3H3/b18-12-. The molecule has 0 aliphatic rings. The number of nitriles is 1. The molecule has 124 valence electrons. The SMILES string of the molecule is Cc1ccc(-c2csc(/C(C#N)=C\c3ccc(N(C)C)cc3)n2)cc1. The molecule has 0 saturated heterocycles. The molecule has 3 nitrogen and oxygen atoms in total. The first kappa shape index (κ1) is 16.9. The third-order valence-electron chi connectivity index (χ3n) is 3.92. The Kier molecular flexibility index (Phi) is 4.97. The molecule has 4 heteroatoms. The monoisotopic (exact) mass is 345 g/mol. The van der Waals surface area contributed by atoms with E-state index in [2.05, 4.69) is 42.2 Å². The summed E-state index contributed by atoms with van der Waals surface area (Å²) in [6.45, 7) is 2.06. The van der Waals surface area contributed by atoms with Crippen LogP contribution >= 0.6 is 11.3 Å². The Bertz CT molecular complexity index is 927. The fourth-order valence-electron chi connectivity index (χ4n) is 2.43. The van der Waals surface area contributed by atoms with Crippen molar-refractivity contribution in [2.24, 2.45) is 0 Å². The van der Waals surface area contributed by atoms with Gasteiger partial charge in [-0.1, -0.05) is 42.0 Å². The van der Waals surface area contributed by atoms with E-state index >= 15 is 0 Å². The molecule has 0 atom stereocenters. The Morgan fingerprint density at radius 3 is 2.36 bits per heavy atom. The number of thiazole rings is 1. The maximum atomic E-state index is 9.54. The van der Waals surface area contributed by atoms with Crippen LogP contribution in [-0.4, -0.2) is 19.1 Å². The number of allylic oxidation sites excluding steroid dienone is 1. The van der Waals surface area contributed by atoms with Crippen LogP contribution in [0.2, 0.25) is 0 Å². The summed E-state index contributed by atoms with van der Waals surface area (Å²) in [6.07, 6.45) is 1.89. The molecule has 0 N–H and O–H groups in total. The Hall–Kier alpha value is -2.90. The van der Waals surface area contributed by atoms with E-state index in [-0.39, 0.29) is 0 Å². The van der Waals surface area contributed by atoms with Gasteiger partial charge in [-0.15, -0.1) is 11.3 Å². The van der Waals surface area contributed by atoms with E-state index in [0.717, 1.165) is 27.5 Å². The van der Waals surface area contributed by atoms with E-state index < -0.39 is 0 Å². The second kappa shape index (κ2) is 7.33. The molecular formula is C21H19N3S. The van der Waals surface area contributed by atoms with Gasteiger partial charge in [-0.05, 0) is 30.7 Å². The Morgan fingerprint density at radius 1 is 1.08 bits per heavy atom. The highest BCUT2D eigenvalue weighted by Gasteiger charge is 2.09. The third-order valence-corrected chi connectivity index (χ3v) is 4.80. The van der Waals surface area contributed by atoms with Crippen LogP contribution in [0.25, 0.3) is 22.9 Å². The van der Waals surface area contributed by atoms with E-state index in [1.165, 1.54) is 16.9 Å². The van der Waals surface area contributed by atoms with Crippen LogP contribution in [0.1, 0.15) is 16.1 Å². The third kappa shape index (κ3) is 3.96. The van der Waals surface area contributed by atoms with Crippen LogP contribution in [0, 0.1) is 18.3 Å². The highest BCUT2D eigenvalue weighted by Crippen LogP contribution is 2.27. The van der Waals surface area contributed by atoms with Crippen molar-refractivity contribution in [2.45, 2.75) is 6.92 Å². The van der Waals surface area contributed by atoms with Crippen LogP contribution in [0.5, 0.6) is 0 Å². The van der Waals surface area contributed by atoms with Gasteiger partial charge in [0.15, 0.2) is 0 Å². The zero-order chi connectivity index (χ0) is 17.8. The average Bonchev–Trinajstić information content (AvgIpc) is 3.10. The van der Waals surface area contributed by atoms with Crippen LogP contribution in [0.15, 0.2) is 53.9 Å². The molecule has 1 heterocycles. The van der Waals surface area contributed by atoms with Gasteiger partial charge < -0.3 is 4.90 Å². The predicted octanol–water partition coefficient (Wildman–Crippen LogP) is 5.25. The lowest BCUT2D eigenvalue weighted by atomic mass is 10.1. The van der Waals surface area contributed by atoms with E-state index in [1.54, 1.807) is 0 Å². The molecule has 0 fully saturated rings. The number of benzene rings is 2. The van der Waals surface area contributed by atoms with Gasteiger partial charge in [0.2, 0.25) is 0 Å². The highest BCUT2D eigenvalue weighted by molar-refractivity contribution is 7.11. The lowest BCUT2D eigenvalue weighted by Gasteiger charge is -2.11. The van der Waals surface area contributed by atoms with Gasteiger partial charge in [-0.2, -0.15) is 5.26 Å². The number of aryl methyl sites for hydroxylation is 1. The Balaban J connectivity index is 1.88. The minimum absolute atomic E-state index is 0.584. The van der Waals surface area contributed by atoms with E-state index in [0.29, 0.717) is 5.57 Å². The summed E-state index contributed by atoms with van der Waals surface area (Å²) in [5.41, 5.74) is 5.91. The molecule has 25 heavy (non-hydrogen) atoms. The van der Waals surface area contributed by atoms with E-state index in [1.807, 2.05) is 54.7 Å². The van der Waals surface area contributed by atoms with Gasteiger partial charge in [0.25, 0.3) is 0 Å². The molecule has 1 aromatic heterocycles. The van der Waals surface area contributed by atoms with E-state index in [4.69, 9.17) is 0 Å². The number of hydrogen-bond acceptors (Lipinski definition) is 4. The van der Waals surface area contributed by atoms with Gasteiger partial charge in [-0.3, -0.25) is 0 Å². The average molecular weight is 345 g/mol. The summed E-state index contributed by atoms with van der Waals surface area (Å²) in [5, 5.41) is 12.3. The molecule has 0 amide bonds. The van der Waals surface area contributed by atoms with Gasteiger partial charge in [-0.25, -0.2) is 4.98 Å². The molecule has 2 aromatic carbocycles. The number of aromatic nitrogens is 1. The maximum absolute atomic E-state index is 9.54. The number of hydrogen-bond donors (Lipinski definition) is 0. The van der Waals surface area contributed by atoms with Crippen molar-refractivity contribution in [3.05, 3.63) is 70.0 Å². The molecule has 0 bridgehead atoms. The summed E-state index contributed by atoms with van der Waals surface area (Å²) < 4.78 is 0. The molecule has 0 saturated carbocycles. The highest BCUT2D eigenvalue weighted by atomic mass is 32.1. The fourth-order valence-corrected chi connectivity index (χ4v) is 3.23. The molecule has 0 radical (unpaired) electrons. The number of rotatable bonds is 4. The first-order chi connectivity index (χ1) is 12.1. The molecule has 3 aromatic rings. The summed E-state index contributed by atoms with van der Waals surface area (Å²) >= 11 is 1.50. The van der Waals surface area contributed by atoms with Crippen molar-refractivity contribution in [1.82, 2.24) is 4.98 Å². The lowest BCUT2D eigenvalue weighted by molar-refractivity contribution is 1.13. The van der Waals surface area contributed by atoms with Gasteiger partial charge in [0.1, 0.15) is 11.1 Å². The molecular weight excluding hydrogens is 326 g/mol. The molecule has 0 aliphatic carbocycles. The Morgan fingerprint density at radius 2 is 1.76 bits per heavy atom. The zero-order valence-corrected chi connectivity index (χ0v) is 15.3. The van der Waals surface area contributed by atoms with Crippen molar-refractivity contribution in [2.75, 3.05) is 19.0 Å². The van der Waals surface area contributed by atoms with Crippen LogP contribution in [-0.2, 0) is 0 Å². The maximum Gasteiger partial charge on any atom is 0.134 e. The van der Waals surface area contributed by atoms with Crippen molar-refractivity contribution < 1.29 is 0 Å². The van der Waals surface area contributed by atoms with E-state index in [9.17, 15) is 5.26 Å². The molecule has 0 aliphatic heterocycles. The number of anilines is 1. The van der Waals surface area contributed by atoms with Crippen LogP contribution in [0.4, 0.5) is 5.69 Å². The van der Waals surface area contributed by atoms with Crippen molar-refractivity contribution >= 4 is 28.7 Å². The van der Waals surface area contributed by atoms with Gasteiger partial charge >= 0.3 is 0 Å². The predicted molar refractivity (Wildman–Crippen MR) is 107 cm³/mol. The fraction of sp³-hybridized carbons (Fsp3) is 0.143. The van der Waals surface area contributed by atoms with Crippen LogP contribution < -0.4 is 4.90 Å². The van der Waals surface area contributed by atoms with Gasteiger partial charge in [0.05, 0.1) is 11.3 Å². The van der Waals surface area contributed by atoms with Gasteiger partial charge in [0, 0.05) is 30.7 Å². The normalized spacial score (nSPS) is 11.2. The minimum Gasteiger partial charge on any atom is -0.378 e. The molecule has 0 unspecified atom stereocenters. The Labute approximate surface area is 152 Å². The molecule has 3 rings (SSSR count). The van der Waals surface area contributed by atoms with Crippen molar-refractivity contribution in [3.8, 4) is 17.3 Å². The smallest absolute Gasteiger partial charge is 0.134 e. The van der Waals surface area contributed by atoms with Crippen molar-refractivity contribution in [3.63, 3.8) is 0 Å². The topological polar surface area (TPSA) is 39.9 Å². The summed E-state index contributed by atoms with van der Waals surface area (Å²) in [5.74, 6) is 0.